The Morgan fingerprint density at radius 3 is 2.94 bits per heavy atom. The van der Waals surface area contributed by atoms with E-state index in [-0.39, 0.29) is 0 Å². The number of methoxy groups -OCH3 is 1. The van der Waals surface area contributed by atoms with E-state index < -0.39 is 0 Å². The van der Waals surface area contributed by atoms with Crippen LogP contribution in [0.4, 0.5) is 0 Å². The lowest BCUT2D eigenvalue weighted by Crippen LogP contribution is -1.96. The summed E-state index contributed by atoms with van der Waals surface area (Å²) in [5, 5.41) is 2.90. The molecule has 3 nitrogen and oxygen atoms in total. The molecule has 0 saturated heterocycles. The largest absolute Gasteiger partial charge is 0.496 e. The molecule has 0 fully saturated rings. The lowest BCUT2D eigenvalue weighted by molar-refractivity contribution is 0.416. The number of rotatable bonds is 3. The minimum Gasteiger partial charge on any atom is -0.496 e. The number of hydrogen-bond donors (Lipinski definition) is 1. The van der Waals surface area contributed by atoms with Crippen molar-refractivity contribution in [1.29, 1.82) is 0 Å². The Morgan fingerprint density at radius 1 is 1.50 bits per heavy atom. The predicted octanol–water partition coefficient (Wildman–Crippen LogP) is 3.04. The minimum atomic E-state index is 0.465. The third-order valence-electron chi connectivity index (χ3n) is 2.15. The fraction of sp³-hybridized carbons (Fsp3) is 0.182. The van der Waals surface area contributed by atoms with Crippen LogP contribution in [0, 0.1) is 0 Å². The van der Waals surface area contributed by atoms with E-state index in [1.165, 1.54) is 0 Å². The molecule has 0 radical (unpaired) electrons. The predicted molar refractivity (Wildman–Crippen MR) is 69.7 cm³/mol. The summed E-state index contributed by atoms with van der Waals surface area (Å²) in [7, 11) is 1.66. The van der Waals surface area contributed by atoms with Gasteiger partial charge in [-0.3, -0.25) is 0 Å². The van der Waals surface area contributed by atoms with Crippen LogP contribution in [0.15, 0.2) is 28.1 Å². The lowest BCUT2D eigenvalue weighted by Gasteiger charge is -2.05. The van der Waals surface area contributed by atoms with Crippen molar-refractivity contribution in [3.63, 3.8) is 0 Å². The molecular weight excluding hydrogens is 288 g/mol. The Balaban J connectivity index is 2.49. The lowest BCUT2D eigenvalue weighted by atomic mass is 10.2. The van der Waals surface area contributed by atoms with E-state index in [9.17, 15) is 0 Å². The summed E-state index contributed by atoms with van der Waals surface area (Å²) in [6, 6.07) is 5.86. The van der Waals surface area contributed by atoms with Crippen molar-refractivity contribution < 1.29 is 4.74 Å². The zero-order valence-corrected chi connectivity index (χ0v) is 11.1. The van der Waals surface area contributed by atoms with Crippen molar-refractivity contribution in [1.82, 2.24) is 4.98 Å². The first kappa shape index (κ1) is 11.6. The summed E-state index contributed by atoms with van der Waals surface area (Å²) in [4.78, 5) is 4.44. The highest BCUT2D eigenvalue weighted by Gasteiger charge is 2.10. The van der Waals surface area contributed by atoms with Crippen LogP contribution in [0.25, 0.3) is 10.6 Å². The first-order valence-corrected chi connectivity index (χ1v) is 6.40. The van der Waals surface area contributed by atoms with Gasteiger partial charge in [0.1, 0.15) is 10.8 Å². The fourth-order valence-electron chi connectivity index (χ4n) is 1.37. The number of thiazole rings is 1. The molecule has 0 spiro atoms. The van der Waals surface area contributed by atoms with Crippen LogP contribution >= 0.6 is 27.3 Å². The number of nitrogens with two attached hydrogens (primary N) is 1. The van der Waals surface area contributed by atoms with E-state index >= 15 is 0 Å². The topological polar surface area (TPSA) is 48.1 Å². The van der Waals surface area contributed by atoms with E-state index in [2.05, 4.69) is 20.9 Å². The van der Waals surface area contributed by atoms with Gasteiger partial charge in [-0.15, -0.1) is 11.3 Å². The summed E-state index contributed by atoms with van der Waals surface area (Å²) in [5.41, 5.74) is 7.44. The second kappa shape index (κ2) is 4.95. The fourth-order valence-corrected chi connectivity index (χ4v) is 2.59. The molecule has 0 aliphatic heterocycles. The number of hydrogen-bond acceptors (Lipinski definition) is 4. The molecule has 0 aliphatic carbocycles. The van der Waals surface area contributed by atoms with Crippen molar-refractivity contribution >= 4 is 27.3 Å². The Morgan fingerprint density at radius 2 is 2.31 bits per heavy atom. The second-order valence-electron chi connectivity index (χ2n) is 3.19. The van der Waals surface area contributed by atoms with Crippen LogP contribution in [-0.2, 0) is 6.54 Å². The molecule has 0 bridgehead atoms. The molecule has 16 heavy (non-hydrogen) atoms. The SMILES string of the molecule is COc1ccc(Br)cc1-c1nc(CN)cs1. The smallest absolute Gasteiger partial charge is 0.129 e. The molecule has 1 aromatic heterocycles. The number of aromatic nitrogens is 1. The Bertz CT molecular complexity index is 498. The number of ether oxygens (including phenoxy) is 1. The monoisotopic (exact) mass is 298 g/mol. The van der Waals surface area contributed by atoms with E-state index in [1.807, 2.05) is 23.6 Å². The molecule has 0 atom stereocenters. The first-order chi connectivity index (χ1) is 7.74. The zero-order valence-electron chi connectivity index (χ0n) is 8.74. The van der Waals surface area contributed by atoms with Gasteiger partial charge in [-0.25, -0.2) is 4.98 Å². The van der Waals surface area contributed by atoms with Crippen molar-refractivity contribution in [3.05, 3.63) is 33.7 Å². The molecule has 5 heteroatoms. The van der Waals surface area contributed by atoms with Crippen LogP contribution in [0.3, 0.4) is 0 Å². The Labute approximate surface area is 106 Å². The highest BCUT2D eigenvalue weighted by molar-refractivity contribution is 9.10. The van der Waals surface area contributed by atoms with Crippen LogP contribution in [0.2, 0.25) is 0 Å². The average Bonchev–Trinajstić information content (AvgIpc) is 2.77. The van der Waals surface area contributed by atoms with Gasteiger partial charge in [0.2, 0.25) is 0 Å². The van der Waals surface area contributed by atoms with E-state index in [4.69, 9.17) is 10.5 Å². The van der Waals surface area contributed by atoms with E-state index in [1.54, 1.807) is 18.4 Å². The maximum Gasteiger partial charge on any atom is 0.129 e. The van der Waals surface area contributed by atoms with Crippen molar-refractivity contribution in [2.24, 2.45) is 5.73 Å². The third kappa shape index (κ3) is 2.26. The molecule has 0 amide bonds. The number of nitrogens with zero attached hydrogens (tertiary/aromatic N) is 1. The molecule has 2 rings (SSSR count). The van der Waals surface area contributed by atoms with Crippen LogP contribution < -0.4 is 10.5 Å². The molecule has 2 aromatic rings. The summed E-state index contributed by atoms with van der Waals surface area (Å²) in [6.45, 7) is 0.465. The quantitative estimate of drug-likeness (QED) is 0.947. The normalized spacial score (nSPS) is 10.4. The van der Waals surface area contributed by atoms with Gasteiger partial charge in [-0.05, 0) is 18.2 Å². The van der Waals surface area contributed by atoms with E-state index in [0.717, 1.165) is 26.5 Å². The van der Waals surface area contributed by atoms with Crippen LogP contribution in [-0.4, -0.2) is 12.1 Å². The Hall–Kier alpha value is -0.910. The molecule has 1 aromatic carbocycles. The number of halogens is 1. The third-order valence-corrected chi connectivity index (χ3v) is 3.57. The molecule has 2 N–H and O–H groups in total. The van der Waals surface area contributed by atoms with Gasteiger partial charge < -0.3 is 10.5 Å². The van der Waals surface area contributed by atoms with Gasteiger partial charge in [0.05, 0.1) is 18.4 Å². The van der Waals surface area contributed by atoms with Gasteiger partial charge >= 0.3 is 0 Å². The van der Waals surface area contributed by atoms with Crippen molar-refractivity contribution in [2.75, 3.05) is 7.11 Å². The van der Waals surface area contributed by atoms with Gasteiger partial charge in [0.25, 0.3) is 0 Å². The van der Waals surface area contributed by atoms with Crippen LogP contribution in [0.1, 0.15) is 5.69 Å². The van der Waals surface area contributed by atoms with Crippen LogP contribution in [0.5, 0.6) is 5.75 Å². The summed E-state index contributed by atoms with van der Waals surface area (Å²) in [5.74, 6) is 0.820. The highest BCUT2D eigenvalue weighted by Crippen LogP contribution is 2.34. The maximum absolute atomic E-state index is 5.55. The Kier molecular flexibility index (Phi) is 3.58. The molecule has 0 aliphatic rings. The average molecular weight is 299 g/mol. The van der Waals surface area contributed by atoms with Gasteiger partial charge in [0, 0.05) is 16.4 Å². The molecule has 1 heterocycles. The minimum absolute atomic E-state index is 0.465. The van der Waals surface area contributed by atoms with Crippen molar-refractivity contribution in [2.45, 2.75) is 6.54 Å². The molecule has 0 saturated carbocycles. The summed E-state index contributed by atoms with van der Waals surface area (Å²) in [6.07, 6.45) is 0. The zero-order chi connectivity index (χ0) is 11.5. The molecular formula is C11H11BrN2OS. The maximum atomic E-state index is 5.55. The number of benzene rings is 1. The summed E-state index contributed by atoms with van der Waals surface area (Å²) < 4.78 is 6.32. The first-order valence-electron chi connectivity index (χ1n) is 4.73. The van der Waals surface area contributed by atoms with Gasteiger partial charge in [-0.1, -0.05) is 15.9 Å². The van der Waals surface area contributed by atoms with E-state index in [0.29, 0.717) is 6.54 Å². The van der Waals surface area contributed by atoms with Gasteiger partial charge in [-0.2, -0.15) is 0 Å². The molecule has 0 unspecified atom stereocenters. The standard InChI is InChI=1S/C11H11BrN2OS/c1-15-10-3-2-7(12)4-9(10)11-14-8(5-13)6-16-11/h2-4,6H,5,13H2,1H3. The van der Waals surface area contributed by atoms with Gasteiger partial charge in [0.15, 0.2) is 0 Å². The van der Waals surface area contributed by atoms with Crippen molar-refractivity contribution in [3.8, 4) is 16.3 Å². The second-order valence-corrected chi connectivity index (χ2v) is 4.97. The summed E-state index contributed by atoms with van der Waals surface area (Å²) >= 11 is 5.02. The highest BCUT2D eigenvalue weighted by atomic mass is 79.9. The molecule has 84 valence electrons.